The molecule has 2 rings (SSSR count). The van der Waals surface area contributed by atoms with Crippen LogP contribution in [-0.4, -0.2) is 65.2 Å². The normalized spacial score (nSPS) is 15.1. The van der Waals surface area contributed by atoms with E-state index in [1.54, 1.807) is 52.8 Å². The molecule has 0 heterocycles. The van der Waals surface area contributed by atoms with Gasteiger partial charge in [0.2, 0.25) is 11.8 Å². The van der Waals surface area contributed by atoms with E-state index >= 15 is 0 Å². The molecule has 1 aromatic carbocycles. The fourth-order valence-electron chi connectivity index (χ4n) is 3.44. The molecule has 10 heteroatoms. The van der Waals surface area contributed by atoms with Gasteiger partial charge < -0.3 is 30.1 Å². The van der Waals surface area contributed by atoms with Crippen LogP contribution in [0.2, 0.25) is 0 Å². The van der Waals surface area contributed by atoms with Crippen LogP contribution in [0.1, 0.15) is 59.1 Å². The Bertz CT molecular complexity index is 906. The first-order valence-electron chi connectivity index (χ1n) is 11.3. The van der Waals surface area contributed by atoms with Crippen LogP contribution in [-0.2, 0) is 23.9 Å². The van der Waals surface area contributed by atoms with Crippen molar-refractivity contribution in [3.05, 3.63) is 29.8 Å². The maximum absolute atomic E-state index is 13.8. The molecule has 1 aromatic rings. The molecule has 1 fully saturated rings. The Labute approximate surface area is 200 Å². The smallest absolute Gasteiger partial charge is 0.408 e. The van der Waals surface area contributed by atoms with Crippen LogP contribution in [0.4, 0.5) is 4.79 Å². The molecule has 188 valence electrons. The number of hydrogen-bond donors (Lipinski definition) is 3. The molecule has 2 unspecified atom stereocenters. The summed E-state index contributed by atoms with van der Waals surface area (Å²) in [6.07, 6.45) is 0.582. The summed E-state index contributed by atoms with van der Waals surface area (Å²) in [4.78, 5) is 52.5. The quantitative estimate of drug-likeness (QED) is 0.465. The van der Waals surface area contributed by atoms with Crippen LogP contribution in [0.5, 0.6) is 5.75 Å². The van der Waals surface area contributed by atoms with Crippen LogP contribution in [0.25, 0.3) is 0 Å². The zero-order valence-corrected chi connectivity index (χ0v) is 20.6. The van der Waals surface area contributed by atoms with Crippen LogP contribution < -0.4 is 10.6 Å². The lowest BCUT2D eigenvalue weighted by Crippen LogP contribution is -2.55. The largest absolute Gasteiger partial charge is 0.508 e. The molecule has 0 spiro atoms. The summed E-state index contributed by atoms with van der Waals surface area (Å²) in [5.41, 5.74) is -0.540. The number of ether oxygens (including phenoxy) is 2. The average Bonchev–Trinajstić information content (AvgIpc) is 3.57. The molecule has 0 aliphatic heterocycles. The van der Waals surface area contributed by atoms with Crippen molar-refractivity contribution >= 4 is 23.9 Å². The lowest BCUT2D eigenvalue weighted by atomic mass is 9.98. The zero-order chi connectivity index (χ0) is 25.6. The van der Waals surface area contributed by atoms with Gasteiger partial charge in [-0.05, 0) is 45.6 Å². The number of hydrogen-bond acceptors (Lipinski definition) is 7. The number of benzene rings is 1. The highest BCUT2D eigenvalue weighted by Gasteiger charge is 2.45. The highest BCUT2D eigenvalue weighted by atomic mass is 16.6. The lowest BCUT2D eigenvalue weighted by Gasteiger charge is -2.35. The molecule has 1 saturated carbocycles. The van der Waals surface area contributed by atoms with Gasteiger partial charge in [0.05, 0.1) is 7.11 Å². The van der Waals surface area contributed by atoms with E-state index in [1.807, 2.05) is 0 Å². The van der Waals surface area contributed by atoms with E-state index in [9.17, 15) is 24.3 Å². The molecule has 0 bridgehead atoms. The molecule has 3 amide bonds. The number of phenolic OH excluding ortho intramolecular Hbond substituents is 1. The van der Waals surface area contributed by atoms with Gasteiger partial charge in [-0.1, -0.05) is 32.0 Å². The van der Waals surface area contributed by atoms with Crippen LogP contribution in [0.15, 0.2) is 24.3 Å². The van der Waals surface area contributed by atoms with E-state index < -0.39 is 48.1 Å². The van der Waals surface area contributed by atoms with Gasteiger partial charge in [-0.3, -0.25) is 14.4 Å². The first-order chi connectivity index (χ1) is 15.9. The van der Waals surface area contributed by atoms with Crippen molar-refractivity contribution in [2.75, 3.05) is 13.7 Å². The van der Waals surface area contributed by atoms with Crippen molar-refractivity contribution in [2.24, 2.45) is 5.92 Å². The standard InChI is InChI=1S/C24H35N3O7/c1-14(2)19(26-23(32)34-24(3,4)5)22(31)27(15-11-12-15)20(16-9-7-8-10-17(16)28)21(30)25-13-18(29)33-6/h7-10,14-15,19-20,28H,11-13H2,1-6H3,(H,25,30)(H,26,32). The number of nitrogens with zero attached hydrogens (tertiary/aromatic N) is 1. The lowest BCUT2D eigenvalue weighted by molar-refractivity contribution is -0.145. The predicted octanol–water partition coefficient (Wildman–Crippen LogP) is 2.26. The molecular formula is C24H35N3O7. The van der Waals surface area contributed by atoms with Gasteiger partial charge in [0.1, 0.15) is 30.0 Å². The van der Waals surface area contributed by atoms with E-state index in [2.05, 4.69) is 15.4 Å². The number of aromatic hydroxyl groups is 1. The molecule has 1 aliphatic rings. The predicted molar refractivity (Wildman–Crippen MR) is 124 cm³/mol. The van der Waals surface area contributed by atoms with Crippen molar-refractivity contribution in [3.8, 4) is 5.75 Å². The van der Waals surface area contributed by atoms with Gasteiger partial charge in [0.25, 0.3) is 0 Å². The molecule has 2 atom stereocenters. The van der Waals surface area contributed by atoms with E-state index in [0.717, 1.165) is 0 Å². The number of nitrogens with one attached hydrogen (secondary N) is 2. The number of rotatable bonds is 9. The zero-order valence-electron chi connectivity index (χ0n) is 20.6. The summed E-state index contributed by atoms with van der Waals surface area (Å²) < 4.78 is 9.91. The SMILES string of the molecule is COC(=O)CNC(=O)C(c1ccccc1O)N(C(=O)C(NC(=O)OC(C)(C)C)C(C)C)C1CC1. The second kappa shape index (κ2) is 11.2. The summed E-state index contributed by atoms with van der Waals surface area (Å²) in [6, 6.07) is 3.76. The fraction of sp³-hybridized carbons (Fsp3) is 0.583. The number of esters is 1. The van der Waals surface area contributed by atoms with Gasteiger partial charge in [-0.2, -0.15) is 0 Å². The first-order valence-corrected chi connectivity index (χ1v) is 11.3. The number of amides is 3. The van der Waals surface area contributed by atoms with E-state index in [0.29, 0.717) is 12.8 Å². The van der Waals surface area contributed by atoms with Gasteiger partial charge in [0.15, 0.2) is 0 Å². The van der Waals surface area contributed by atoms with E-state index in [-0.39, 0.29) is 23.3 Å². The van der Waals surface area contributed by atoms with Crippen molar-refractivity contribution in [1.29, 1.82) is 0 Å². The van der Waals surface area contributed by atoms with Gasteiger partial charge in [-0.15, -0.1) is 0 Å². The average molecular weight is 478 g/mol. The first kappa shape index (κ1) is 26.9. The highest BCUT2D eigenvalue weighted by molar-refractivity contribution is 5.94. The van der Waals surface area contributed by atoms with Gasteiger partial charge >= 0.3 is 12.1 Å². The van der Waals surface area contributed by atoms with Crippen LogP contribution >= 0.6 is 0 Å². The van der Waals surface area contributed by atoms with Crippen LogP contribution in [0, 0.1) is 5.92 Å². The van der Waals surface area contributed by atoms with Gasteiger partial charge in [0, 0.05) is 11.6 Å². The number of alkyl carbamates (subject to hydrolysis) is 1. The second-order valence-electron chi connectivity index (χ2n) is 9.60. The Balaban J connectivity index is 2.42. The number of carbonyl (C=O) groups excluding carboxylic acids is 4. The second-order valence-corrected chi connectivity index (χ2v) is 9.60. The third-order valence-electron chi connectivity index (χ3n) is 5.19. The summed E-state index contributed by atoms with van der Waals surface area (Å²) in [5.74, 6) is -2.26. The summed E-state index contributed by atoms with van der Waals surface area (Å²) >= 11 is 0. The number of phenols is 1. The monoisotopic (exact) mass is 477 g/mol. The third-order valence-corrected chi connectivity index (χ3v) is 5.19. The minimum Gasteiger partial charge on any atom is -0.508 e. The Kier molecular flexibility index (Phi) is 8.89. The molecule has 0 aromatic heterocycles. The van der Waals surface area contributed by atoms with E-state index in [1.165, 1.54) is 18.1 Å². The topological polar surface area (TPSA) is 134 Å². The third kappa shape index (κ3) is 7.36. The van der Waals surface area contributed by atoms with Crippen molar-refractivity contribution < 1.29 is 33.8 Å². The Morgan fingerprint density at radius 2 is 1.76 bits per heavy atom. The minimum absolute atomic E-state index is 0.166. The van der Waals surface area contributed by atoms with Crippen LogP contribution in [0.3, 0.4) is 0 Å². The molecule has 3 N–H and O–H groups in total. The fourth-order valence-corrected chi connectivity index (χ4v) is 3.44. The Morgan fingerprint density at radius 1 is 1.15 bits per heavy atom. The number of carbonyl (C=O) groups is 4. The van der Waals surface area contributed by atoms with Crippen molar-refractivity contribution in [3.63, 3.8) is 0 Å². The van der Waals surface area contributed by atoms with Crippen molar-refractivity contribution in [2.45, 2.75) is 71.2 Å². The number of para-hydroxylation sites is 1. The molecular weight excluding hydrogens is 442 g/mol. The van der Waals surface area contributed by atoms with Crippen molar-refractivity contribution in [1.82, 2.24) is 15.5 Å². The minimum atomic E-state index is -1.22. The maximum atomic E-state index is 13.8. The number of methoxy groups -OCH3 is 1. The molecule has 0 radical (unpaired) electrons. The molecule has 34 heavy (non-hydrogen) atoms. The molecule has 10 nitrogen and oxygen atoms in total. The molecule has 0 saturated heterocycles. The van der Waals surface area contributed by atoms with Gasteiger partial charge in [-0.25, -0.2) is 4.79 Å². The maximum Gasteiger partial charge on any atom is 0.408 e. The molecule has 1 aliphatic carbocycles. The Morgan fingerprint density at radius 3 is 2.26 bits per heavy atom. The summed E-state index contributed by atoms with van der Waals surface area (Å²) in [5, 5.41) is 15.6. The Hall–Kier alpha value is -3.30. The summed E-state index contributed by atoms with van der Waals surface area (Å²) in [7, 11) is 1.20. The highest BCUT2D eigenvalue weighted by Crippen LogP contribution is 2.38. The summed E-state index contributed by atoms with van der Waals surface area (Å²) in [6.45, 7) is 8.31. The van der Waals surface area contributed by atoms with E-state index in [4.69, 9.17) is 4.74 Å².